The molecule has 1 aromatic rings. The minimum atomic E-state index is -0.448. The molecule has 0 N–H and O–H groups in total. The molecule has 0 radical (unpaired) electrons. The lowest BCUT2D eigenvalue weighted by molar-refractivity contribution is 0.0600. The van der Waals surface area contributed by atoms with Crippen LogP contribution in [-0.4, -0.2) is 13.1 Å². The van der Waals surface area contributed by atoms with Crippen LogP contribution in [0, 0.1) is 13.0 Å². The number of hydrogen-bond donors (Lipinski definition) is 0. The summed E-state index contributed by atoms with van der Waals surface area (Å²) in [4.78, 5) is 11.1. The molecular formula is C8H5FI2O2. The summed E-state index contributed by atoms with van der Waals surface area (Å²) in [5.41, 5.74) is 0.373. The molecular weight excluding hydrogens is 401 g/mol. The molecule has 0 aliphatic rings. The Morgan fingerprint density at radius 2 is 1.85 bits per heavy atom. The van der Waals surface area contributed by atoms with Gasteiger partial charge in [0, 0.05) is 0 Å². The number of esters is 1. The monoisotopic (exact) mass is 406 g/mol. The van der Waals surface area contributed by atoms with Crippen molar-refractivity contribution in [2.45, 2.75) is 0 Å². The Hall–Kier alpha value is 0.0800. The summed E-state index contributed by atoms with van der Waals surface area (Å²) in [5, 5.41) is 0. The molecule has 0 atom stereocenters. The second kappa shape index (κ2) is 4.54. The first-order valence-electron chi connectivity index (χ1n) is 3.29. The van der Waals surface area contributed by atoms with Gasteiger partial charge in [0.25, 0.3) is 0 Å². The smallest absolute Gasteiger partial charge is 0.337 e. The van der Waals surface area contributed by atoms with E-state index in [9.17, 15) is 9.18 Å². The van der Waals surface area contributed by atoms with Gasteiger partial charge in [0.05, 0.1) is 19.8 Å². The van der Waals surface area contributed by atoms with E-state index in [1.54, 1.807) is 0 Å². The normalized spacial score (nSPS) is 9.85. The highest BCUT2D eigenvalue weighted by molar-refractivity contribution is 14.1. The van der Waals surface area contributed by atoms with Crippen LogP contribution in [0.2, 0.25) is 0 Å². The zero-order valence-corrected chi connectivity index (χ0v) is 10.9. The van der Waals surface area contributed by atoms with Crippen LogP contribution in [0.4, 0.5) is 4.39 Å². The van der Waals surface area contributed by atoms with Crippen LogP contribution in [-0.2, 0) is 4.74 Å². The Bertz CT molecular complexity index is 329. The minimum Gasteiger partial charge on any atom is -0.465 e. The van der Waals surface area contributed by atoms with Gasteiger partial charge in [-0.1, -0.05) is 0 Å². The second-order valence-electron chi connectivity index (χ2n) is 2.25. The van der Waals surface area contributed by atoms with Gasteiger partial charge in [0.15, 0.2) is 0 Å². The van der Waals surface area contributed by atoms with E-state index in [1.165, 1.54) is 19.2 Å². The van der Waals surface area contributed by atoms with Crippen LogP contribution in [0.3, 0.4) is 0 Å². The van der Waals surface area contributed by atoms with Gasteiger partial charge in [0.2, 0.25) is 0 Å². The topological polar surface area (TPSA) is 26.3 Å². The standard InChI is InChI=1S/C8H5FI2O2/c1-13-8(12)4-2-5(10)7(9)6(11)3-4/h2-3H,1H3. The average Bonchev–Trinajstić information content (AvgIpc) is 2.12. The van der Waals surface area contributed by atoms with E-state index in [1.807, 2.05) is 45.2 Å². The van der Waals surface area contributed by atoms with E-state index >= 15 is 0 Å². The molecule has 0 unspecified atom stereocenters. The summed E-state index contributed by atoms with van der Waals surface area (Å²) < 4.78 is 18.5. The van der Waals surface area contributed by atoms with Crippen molar-refractivity contribution < 1.29 is 13.9 Å². The largest absolute Gasteiger partial charge is 0.465 e. The fourth-order valence-corrected chi connectivity index (χ4v) is 2.56. The molecule has 2 nitrogen and oxygen atoms in total. The summed E-state index contributed by atoms with van der Waals surface area (Å²) in [7, 11) is 1.30. The molecule has 1 rings (SSSR count). The van der Waals surface area contributed by atoms with Crippen molar-refractivity contribution in [1.82, 2.24) is 0 Å². The summed E-state index contributed by atoms with van der Waals surface area (Å²) in [5.74, 6) is -0.746. The van der Waals surface area contributed by atoms with Crippen molar-refractivity contribution in [1.29, 1.82) is 0 Å². The molecule has 0 aromatic heterocycles. The molecule has 0 heterocycles. The van der Waals surface area contributed by atoms with Crippen molar-refractivity contribution in [2.75, 3.05) is 7.11 Å². The van der Waals surface area contributed by atoms with Crippen molar-refractivity contribution in [3.05, 3.63) is 30.7 Å². The highest BCUT2D eigenvalue weighted by Crippen LogP contribution is 2.20. The number of hydrogen-bond acceptors (Lipinski definition) is 2. The van der Waals surface area contributed by atoms with Crippen molar-refractivity contribution in [3.63, 3.8) is 0 Å². The Morgan fingerprint density at radius 1 is 1.38 bits per heavy atom. The molecule has 0 saturated carbocycles. The average molecular weight is 406 g/mol. The highest BCUT2D eigenvalue weighted by Gasteiger charge is 2.11. The lowest BCUT2D eigenvalue weighted by atomic mass is 10.2. The third-order valence-corrected chi connectivity index (χ3v) is 2.97. The van der Waals surface area contributed by atoms with Gasteiger partial charge in [-0.15, -0.1) is 0 Å². The van der Waals surface area contributed by atoms with Crippen molar-refractivity contribution in [3.8, 4) is 0 Å². The highest BCUT2D eigenvalue weighted by atomic mass is 127. The van der Waals surface area contributed by atoms with Crippen LogP contribution in [0.5, 0.6) is 0 Å². The summed E-state index contributed by atoms with van der Waals surface area (Å²) in [6.07, 6.45) is 0. The zero-order chi connectivity index (χ0) is 10.0. The maximum Gasteiger partial charge on any atom is 0.337 e. The van der Waals surface area contributed by atoms with Crippen LogP contribution in [0.25, 0.3) is 0 Å². The quantitative estimate of drug-likeness (QED) is 0.408. The molecule has 13 heavy (non-hydrogen) atoms. The number of ether oxygens (including phenoxy) is 1. The number of benzene rings is 1. The van der Waals surface area contributed by atoms with E-state index in [4.69, 9.17) is 0 Å². The van der Waals surface area contributed by atoms with Crippen LogP contribution >= 0.6 is 45.2 Å². The lowest BCUT2D eigenvalue weighted by Crippen LogP contribution is -2.03. The van der Waals surface area contributed by atoms with Crippen molar-refractivity contribution >= 4 is 51.2 Å². The van der Waals surface area contributed by atoms with E-state index in [-0.39, 0.29) is 5.82 Å². The van der Waals surface area contributed by atoms with E-state index in [0.717, 1.165) is 0 Å². The summed E-state index contributed by atoms with van der Waals surface area (Å²) in [6.45, 7) is 0. The summed E-state index contributed by atoms with van der Waals surface area (Å²) in [6, 6.07) is 2.92. The van der Waals surface area contributed by atoms with E-state index in [2.05, 4.69) is 4.74 Å². The first-order chi connectivity index (χ1) is 6.06. The van der Waals surface area contributed by atoms with Crippen molar-refractivity contribution in [2.24, 2.45) is 0 Å². The number of rotatable bonds is 1. The fraction of sp³-hybridized carbons (Fsp3) is 0.125. The maximum atomic E-state index is 13.1. The summed E-state index contributed by atoms with van der Waals surface area (Å²) >= 11 is 3.68. The predicted octanol–water partition coefficient (Wildman–Crippen LogP) is 2.82. The molecule has 0 aliphatic heterocycles. The van der Waals surface area contributed by atoms with Gasteiger partial charge >= 0.3 is 5.97 Å². The number of carbonyl (C=O) groups excluding carboxylic acids is 1. The predicted molar refractivity (Wildman–Crippen MR) is 63.2 cm³/mol. The molecule has 70 valence electrons. The van der Waals surface area contributed by atoms with Crippen LogP contribution in [0.1, 0.15) is 10.4 Å². The van der Waals surface area contributed by atoms with Crippen LogP contribution in [0.15, 0.2) is 12.1 Å². The molecule has 1 aromatic carbocycles. The van der Waals surface area contributed by atoms with Gasteiger partial charge in [-0.05, 0) is 57.3 Å². The Morgan fingerprint density at radius 3 is 2.23 bits per heavy atom. The van der Waals surface area contributed by atoms with Gasteiger partial charge in [-0.2, -0.15) is 0 Å². The molecule has 0 spiro atoms. The van der Waals surface area contributed by atoms with E-state index < -0.39 is 5.97 Å². The third kappa shape index (κ3) is 2.52. The van der Waals surface area contributed by atoms with Gasteiger partial charge in [-0.25, -0.2) is 9.18 Å². The Balaban J connectivity index is 3.20. The van der Waals surface area contributed by atoms with Gasteiger partial charge in [0.1, 0.15) is 5.82 Å². The number of methoxy groups -OCH3 is 1. The molecule has 0 saturated heterocycles. The number of halogens is 3. The van der Waals surface area contributed by atoms with Gasteiger partial charge < -0.3 is 4.74 Å². The fourth-order valence-electron chi connectivity index (χ4n) is 0.791. The molecule has 0 amide bonds. The third-order valence-electron chi connectivity index (χ3n) is 1.40. The SMILES string of the molecule is COC(=O)c1cc(I)c(F)c(I)c1. The Kier molecular flexibility index (Phi) is 3.89. The Labute approximate surface area is 102 Å². The maximum absolute atomic E-state index is 13.1. The minimum absolute atomic E-state index is 0.297. The van der Waals surface area contributed by atoms with Crippen LogP contribution < -0.4 is 0 Å². The number of carbonyl (C=O) groups is 1. The zero-order valence-electron chi connectivity index (χ0n) is 6.61. The lowest BCUT2D eigenvalue weighted by Gasteiger charge is -2.02. The second-order valence-corrected chi connectivity index (χ2v) is 4.57. The first kappa shape index (κ1) is 11.2. The molecule has 0 fully saturated rings. The molecule has 0 bridgehead atoms. The van der Waals surface area contributed by atoms with E-state index in [0.29, 0.717) is 12.7 Å². The molecule has 5 heteroatoms. The first-order valence-corrected chi connectivity index (χ1v) is 5.45. The van der Waals surface area contributed by atoms with Gasteiger partial charge in [-0.3, -0.25) is 0 Å². The molecule has 0 aliphatic carbocycles.